The lowest BCUT2D eigenvalue weighted by molar-refractivity contribution is -0.799. The van der Waals surface area contributed by atoms with Crippen molar-refractivity contribution in [2.75, 3.05) is 19.6 Å². The molecule has 5 heteroatoms. The van der Waals surface area contributed by atoms with Crippen LogP contribution < -0.4 is 0 Å². The number of hydrogen-bond acceptors (Lipinski definition) is 2. The summed E-state index contributed by atoms with van der Waals surface area (Å²) >= 11 is 0. The Morgan fingerprint density at radius 2 is 1.36 bits per heavy atom. The second-order valence-electron chi connectivity index (χ2n) is 2.48. The van der Waals surface area contributed by atoms with E-state index in [1.54, 1.807) is 20.8 Å². The largest absolute Gasteiger partial charge is 0.514 e. The van der Waals surface area contributed by atoms with Gasteiger partial charge in [0.05, 0.1) is 19.6 Å². The average molecular weight is 180 g/mol. The lowest BCUT2D eigenvalue weighted by atomic mass is 10.5. The molecule has 0 aliphatic rings. The Morgan fingerprint density at radius 3 is 1.36 bits per heavy atom. The van der Waals surface area contributed by atoms with Crippen molar-refractivity contribution in [2.24, 2.45) is 0 Å². The highest BCUT2D eigenvalue weighted by Gasteiger charge is 2.27. The van der Waals surface area contributed by atoms with Gasteiger partial charge in [-0.15, -0.1) is 0 Å². The van der Waals surface area contributed by atoms with Crippen LogP contribution in [0.4, 0.5) is 0 Å². The van der Waals surface area contributed by atoms with Crippen LogP contribution in [0, 0.1) is 0 Å². The van der Waals surface area contributed by atoms with Gasteiger partial charge in [0.1, 0.15) is 0 Å². The highest BCUT2D eigenvalue weighted by Crippen LogP contribution is 2.14. The van der Waals surface area contributed by atoms with Crippen LogP contribution >= 0.6 is 0 Å². The van der Waals surface area contributed by atoms with E-state index in [1.165, 1.54) is 0 Å². The number of rotatable bonds is 4. The van der Waals surface area contributed by atoms with E-state index in [-0.39, 0.29) is 3.89 Å². The first-order valence-corrected chi connectivity index (χ1v) is 5.23. The highest BCUT2D eigenvalue weighted by atomic mass is 32.2. The van der Waals surface area contributed by atoms with Crippen molar-refractivity contribution in [3.8, 4) is 0 Å². The summed E-state index contributed by atoms with van der Waals surface area (Å²) in [6, 6.07) is 0. The summed E-state index contributed by atoms with van der Waals surface area (Å²) in [4.78, 5) is 0. The van der Waals surface area contributed by atoms with Crippen molar-refractivity contribution in [3.05, 3.63) is 5.14 Å². The Morgan fingerprint density at radius 1 is 1.09 bits per heavy atom. The predicted octanol–water partition coefficient (Wildman–Crippen LogP) is 1.16. The van der Waals surface area contributed by atoms with Crippen LogP contribution in [0.25, 0.3) is 5.14 Å². The molecule has 68 valence electrons. The minimum Gasteiger partial charge on any atom is -0.514 e. The van der Waals surface area contributed by atoms with Gasteiger partial charge in [-0.2, -0.15) is 8.42 Å². The summed E-state index contributed by atoms with van der Waals surface area (Å²) in [5.74, 6) is 0. The van der Waals surface area contributed by atoms with Gasteiger partial charge < -0.3 is 5.14 Å². The van der Waals surface area contributed by atoms with Gasteiger partial charge in [-0.05, 0) is 20.8 Å². The van der Waals surface area contributed by atoms with Crippen LogP contribution in [0.15, 0.2) is 0 Å². The zero-order valence-electron chi connectivity index (χ0n) is 7.29. The first-order valence-electron chi connectivity index (χ1n) is 3.79. The molecule has 0 heterocycles. The summed E-state index contributed by atoms with van der Waals surface area (Å²) in [7, 11) is -3.69. The molecular weight excluding hydrogens is 164 g/mol. The molecule has 0 bridgehead atoms. The van der Waals surface area contributed by atoms with Crippen LogP contribution in [-0.2, 0) is 10.2 Å². The smallest absolute Gasteiger partial charge is 0.222 e. The maximum Gasteiger partial charge on any atom is 0.222 e. The third-order valence-electron chi connectivity index (χ3n) is 2.24. The quantitative estimate of drug-likeness (QED) is 0.609. The average Bonchev–Trinajstić information content (AvgIpc) is 1.90. The summed E-state index contributed by atoms with van der Waals surface area (Å²) < 4.78 is 21.8. The van der Waals surface area contributed by atoms with E-state index in [0.717, 1.165) is 0 Å². The van der Waals surface area contributed by atoms with Crippen LogP contribution in [0.3, 0.4) is 0 Å². The van der Waals surface area contributed by atoms with Gasteiger partial charge in [0, 0.05) is 0 Å². The van der Waals surface area contributed by atoms with Crippen LogP contribution in [0.5, 0.6) is 0 Å². The molecule has 0 aliphatic heterocycles. The predicted molar refractivity (Wildman–Crippen MR) is 45.1 cm³/mol. The molecule has 0 fully saturated rings. The van der Waals surface area contributed by atoms with Gasteiger partial charge in [0.2, 0.25) is 10.2 Å². The molecule has 0 rings (SSSR count). The second kappa shape index (κ2) is 3.51. The Hall–Kier alpha value is -0.130. The SMILES string of the molecule is CC[N+](CC)(CC)S([NH-])(=O)=O. The van der Waals surface area contributed by atoms with E-state index in [1.807, 2.05) is 0 Å². The molecule has 0 aromatic rings. The first kappa shape index (κ1) is 10.9. The van der Waals surface area contributed by atoms with Gasteiger partial charge in [0.15, 0.2) is 0 Å². The van der Waals surface area contributed by atoms with Crippen molar-refractivity contribution >= 4 is 10.2 Å². The molecule has 0 spiro atoms. The van der Waals surface area contributed by atoms with Crippen molar-refractivity contribution in [1.29, 1.82) is 0 Å². The Labute approximate surface area is 68.8 Å². The highest BCUT2D eigenvalue weighted by molar-refractivity contribution is 7.87. The topological polar surface area (TPSA) is 57.9 Å². The summed E-state index contributed by atoms with van der Waals surface area (Å²) in [6.07, 6.45) is 0. The fourth-order valence-corrected chi connectivity index (χ4v) is 2.20. The number of nitrogens with zero attached hydrogens (tertiary/aromatic N) is 1. The standard InChI is InChI=1S/C6H16N2O2S/c1-4-8(5-2,6-3)11(7,9)10/h4-6H2,1-3H3,(H-,7,9,10). The van der Waals surface area contributed by atoms with Gasteiger partial charge in [-0.25, -0.2) is 3.89 Å². The van der Waals surface area contributed by atoms with Gasteiger partial charge in [-0.3, -0.25) is 0 Å². The Kier molecular flexibility index (Phi) is 3.47. The molecule has 0 aromatic carbocycles. The second-order valence-corrected chi connectivity index (χ2v) is 4.21. The van der Waals surface area contributed by atoms with Crippen molar-refractivity contribution in [2.45, 2.75) is 20.8 Å². The number of hydrogen-bond donors (Lipinski definition) is 0. The number of quaternary nitrogens is 1. The molecule has 0 radical (unpaired) electrons. The van der Waals surface area contributed by atoms with E-state index in [4.69, 9.17) is 5.14 Å². The maximum absolute atomic E-state index is 11.0. The minimum atomic E-state index is -3.69. The molecule has 0 amide bonds. The monoisotopic (exact) mass is 180 g/mol. The van der Waals surface area contributed by atoms with Crippen molar-refractivity contribution in [1.82, 2.24) is 0 Å². The lowest BCUT2D eigenvalue weighted by Gasteiger charge is -2.36. The fraction of sp³-hybridized carbons (Fsp3) is 1.00. The maximum atomic E-state index is 11.0. The molecule has 0 saturated carbocycles. The third-order valence-corrected chi connectivity index (χ3v) is 4.03. The molecule has 0 aromatic heterocycles. The zero-order valence-corrected chi connectivity index (χ0v) is 8.11. The van der Waals surface area contributed by atoms with Crippen molar-refractivity contribution < 1.29 is 12.3 Å². The summed E-state index contributed by atoms with van der Waals surface area (Å²) in [5.41, 5.74) is 0. The summed E-state index contributed by atoms with van der Waals surface area (Å²) in [5, 5.41) is 6.98. The third kappa shape index (κ3) is 1.91. The molecule has 4 nitrogen and oxygen atoms in total. The van der Waals surface area contributed by atoms with E-state index >= 15 is 0 Å². The molecule has 11 heavy (non-hydrogen) atoms. The van der Waals surface area contributed by atoms with E-state index < -0.39 is 10.2 Å². The van der Waals surface area contributed by atoms with Gasteiger partial charge >= 0.3 is 0 Å². The zero-order chi connectivity index (χ0) is 9.12. The minimum absolute atomic E-state index is 0.132. The van der Waals surface area contributed by atoms with Crippen LogP contribution in [-0.4, -0.2) is 31.9 Å². The van der Waals surface area contributed by atoms with E-state index in [9.17, 15) is 8.42 Å². The van der Waals surface area contributed by atoms with Gasteiger partial charge in [-0.1, -0.05) is 0 Å². The Balaban J connectivity index is 4.86. The number of nitrogens with one attached hydrogen (secondary N) is 1. The normalized spacial score (nSPS) is 13.5. The molecule has 1 N–H and O–H groups in total. The van der Waals surface area contributed by atoms with E-state index in [2.05, 4.69) is 0 Å². The molecule has 0 saturated heterocycles. The molecule has 0 atom stereocenters. The molecule has 0 unspecified atom stereocenters. The molecule has 0 aliphatic carbocycles. The Bertz CT molecular complexity index is 198. The van der Waals surface area contributed by atoms with Crippen LogP contribution in [0.2, 0.25) is 0 Å². The van der Waals surface area contributed by atoms with Gasteiger partial charge in [0.25, 0.3) is 0 Å². The lowest BCUT2D eigenvalue weighted by Crippen LogP contribution is -2.50. The van der Waals surface area contributed by atoms with Crippen LogP contribution in [0.1, 0.15) is 20.8 Å². The van der Waals surface area contributed by atoms with Crippen molar-refractivity contribution in [3.63, 3.8) is 0 Å². The fourth-order valence-electron chi connectivity index (χ4n) is 1.18. The summed E-state index contributed by atoms with van der Waals surface area (Å²) in [6.45, 7) is 6.79. The molecular formula is C6H16N2O2S. The van der Waals surface area contributed by atoms with E-state index in [0.29, 0.717) is 19.6 Å². The first-order chi connectivity index (χ1) is 4.93.